The Bertz CT molecular complexity index is 660. The van der Waals surface area contributed by atoms with Gasteiger partial charge >= 0.3 is 0 Å². The van der Waals surface area contributed by atoms with Gasteiger partial charge in [-0.2, -0.15) is 5.26 Å². The second-order valence-electron chi connectivity index (χ2n) is 6.51. The van der Waals surface area contributed by atoms with Crippen LogP contribution in [-0.4, -0.2) is 53.4 Å². The van der Waals surface area contributed by atoms with Crippen LogP contribution in [0.25, 0.3) is 0 Å². The van der Waals surface area contributed by atoms with Crippen LogP contribution in [-0.2, 0) is 4.79 Å². The highest BCUT2D eigenvalue weighted by molar-refractivity contribution is 5.80. The summed E-state index contributed by atoms with van der Waals surface area (Å²) in [5.74, 6) is 1.06. The lowest BCUT2D eigenvalue weighted by Gasteiger charge is -2.57. The summed E-state index contributed by atoms with van der Waals surface area (Å²) in [6, 6.07) is 1.98. The smallest absolute Gasteiger partial charge is 0.237 e. The number of nitriles is 1. The Hall–Kier alpha value is -2.49. The molecule has 4 aliphatic heterocycles. The number of carbonyl (C=O) groups excluding carboxylic acids is 1. The first-order chi connectivity index (χ1) is 11.2. The SMILES string of the molecule is N#CCC(=O)N1CC[C@@]12CCCN(C1=C3C=CNC3N=CN1)C2. The normalized spacial score (nSPS) is 31.3. The van der Waals surface area contributed by atoms with E-state index >= 15 is 0 Å². The van der Waals surface area contributed by atoms with Crippen molar-refractivity contribution in [1.82, 2.24) is 20.4 Å². The molecule has 1 amide bonds. The van der Waals surface area contributed by atoms with E-state index in [1.54, 1.807) is 6.34 Å². The molecule has 4 aliphatic rings. The van der Waals surface area contributed by atoms with Crippen LogP contribution >= 0.6 is 0 Å². The molecule has 2 N–H and O–H groups in total. The third-order valence-electron chi connectivity index (χ3n) is 5.29. The van der Waals surface area contributed by atoms with E-state index in [1.165, 1.54) is 0 Å². The van der Waals surface area contributed by atoms with Gasteiger partial charge in [0, 0.05) is 25.2 Å². The van der Waals surface area contributed by atoms with E-state index in [0.717, 1.165) is 50.3 Å². The van der Waals surface area contributed by atoms with Crippen LogP contribution in [0.15, 0.2) is 28.7 Å². The standard InChI is InChI=1S/C16H20N6O/c17-6-2-13(23)22-9-5-16(22)4-1-8-21(10-16)15-12-3-7-18-14(12)19-11-20-15/h3,7,11,14,18H,1-2,4-5,8-10H2,(H,19,20)/t14?,16-/m1/s1. The summed E-state index contributed by atoms with van der Waals surface area (Å²) in [5, 5.41) is 15.3. The summed E-state index contributed by atoms with van der Waals surface area (Å²) in [6.07, 6.45) is 8.80. The molecule has 2 fully saturated rings. The minimum absolute atomic E-state index is 0.00170. The molecule has 0 aromatic heterocycles. The van der Waals surface area contributed by atoms with Gasteiger partial charge in [-0.3, -0.25) is 4.79 Å². The number of hydrogen-bond acceptors (Lipinski definition) is 6. The van der Waals surface area contributed by atoms with E-state index in [-0.39, 0.29) is 24.0 Å². The number of piperidine rings is 1. The minimum atomic E-state index is -0.0960. The number of carbonyl (C=O) groups is 1. The maximum atomic E-state index is 12.2. The van der Waals surface area contributed by atoms with E-state index < -0.39 is 0 Å². The number of fused-ring (bicyclic) bond motifs is 1. The van der Waals surface area contributed by atoms with Crippen molar-refractivity contribution < 1.29 is 4.79 Å². The molecule has 1 spiro atoms. The van der Waals surface area contributed by atoms with Gasteiger partial charge in [0.2, 0.25) is 5.91 Å². The predicted octanol–water partition coefficient (Wildman–Crippen LogP) is 0.253. The van der Waals surface area contributed by atoms with Gasteiger partial charge in [-0.1, -0.05) is 0 Å². The number of rotatable bonds is 2. The minimum Gasteiger partial charge on any atom is -0.366 e. The van der Waals surface area contributed by atoms with Crippen molar-refractivity contribution in [1.29, 1.82) is 5.26 Å². The summed E-state index contributed by atoms with van der Waals surface area (Å²) in [6.45, 7) is 2.58. The zero-order chi connectivity index (χ0) is 15.9. The number of nitrogens with one attached hydrogen (secondary N) is 2. The van der Waals surface area contributed by atoms with Gasteiger partial charge in [0.05, 0.1) is 17.9 Å². The van der Waals surface area contributed by atoms with Crippen LogP contribution in [0, 0.1) is 11.3 Å². The van der Waals surface area contributed by atoms with Gasteiger partial charge in [-0.25, -0.2) is 4.99 Å². The van der Waals surface area contributed by atoms with Crippen LogP contribution in [0.2, 0.25) is 0 Å². The van der Waals surface area contributed by atoms with Crippen molar-refractivity contribution in [3.8, 4) is 6.07 Å². The topological polar surface area (TPSA) is 83.8 Å². The highest BCUT2D eigenvalue weighted by atomic mass is 16.2. The third kappa shape index (κ3) is 2.17. The molecule has 7 heteroatoms. The molecule has 2 saturated heterocycles. The van der Waals surface area contributed by atoms with Crippen LogP contribution in [0.5, 0.6) is 0 Å². The van der Waals surface area contributed by atoms with E-state index in [1.807, 2.05) is 17.2 Å². The van der Waals surface area contributed by atoms with Gasteiger partial charge in [0.1, 0.15) is 18.4 Å². The van der Waals surface area contributed by atoms with Crippen molar-refractivity contribution in [3.05, 3.63) is 23.7 Å². The van der Waals surface area contributed by atoms with E-state index in [0.29, 0.717) is 0 Å². The average molecular weight is 312 g/mol. The molecule has 0 aromatic rings. The molecule has 7 nitrogen and oxygen atoms in total. The predicted molar refractivity (Wildman–Crippen MR) is 84.8 cm³/mol. The Morgan fingerprint density at radius 1 is 1.48 bits per heavy atom. The Morgan fingerprint density at radius 2 is 2.39 bits per heavy atom. The van der Waals surface area contributed by atoms with E-state index in [9.17, 15) is 4.79 Å². The summed E-state index contributed by atoms with van der Waals surface area (Å²) >= 11 is 0. The zero-order valence-electron chi connectivity index (χ0n) is 13.0. The summed E-state index contributed by atoms with van der Waals surface area (Å²) < 4.78 is 0. The summed E-state index contributed by atoms with van der Waals surface area (Å²) in [4.78, 5) is 20.8. The van der Waals surface area contributed by atoms with Crippen molar-refractivity contribution in [2.45, 2.75) is 37.4 Å². The molecule has 0 bridgehead atoms. The molecule has 0 aromatic carbocycles. The fourth-order valence-corrected chi connectivity index (χ4v) is 4.09. The van der Waals surface area contributed by atoms with Crippen LogP contribution in [0.1, 0.15) is 25.7 Å². The molecule has 0 radical (unpaired) electrons. The largest absolute Gasteiger partial charge is 0.366 e. The molecule has 23 heavy (non-hydrogen) atoms. The number of likely N-dealkylation sites (tertiary alicyclic amines) is 2. The molecule has 120 valence electrons. The van der Waals surface area contributed by atoms with Gasteiger partial charge in [-0.15, -0.1) is 0 Å². The Labute approximate surface area is 135 Å². The first-order valence-electron chi connectivity index (χ1n) is 8.11. The maximum absolute atomic E-state index is 12.2. The average Bonchev–Trinajstić information content (AvgIpc) is 3.02. The van der Waals surface area contributed by atoms with Crippen molar-refractivity contribution >= 4 is 12.2 Å². The Morgan fingerprint density at radius 3 is 3.17 bits per heavy atom. The zero-order valence-corrected chi connectivity index (χ0v) is 13.0. The number of hydrogen-bond donors (Lipinski definition) is 2. The fourth-order valence-electron chi connectivity index (χ4n) is 4.09. The van der Waals surface area contributed by atoms with Crippen LogP contribution in [0.4, 0.5) is 0 Å². The van der Waals surface area contributed by atoms with Crippen molar-refractivity contribution in [2.75, 3.05) is 19.6 Å². The molecule has 0 aliphatic carbocycles. The lowest BCUT2D eigenvalue weighted by molar-refractivity contribution is -0.151. The van der Waals surface area contributed by atoms with Crippen molar-refractivity contribution in [2.24, 2.45) is 4.99 Å². The molecular weight excluding hydrogens is 292 g/mol. The maximum Gasteiger partial charge on any atom is 0.237 e. The third-order valence-corrected chi connectivity index (χ3v) is 5.29. The second-order valence-corrected chi connectivity index (χ2v) is 6.51. The summed E-state index contributed by atoms with van der Waals surface area (Å²) in [5.41, 5.74) is 1.06. The Balaban J connectivity index is 1.55. The quantitative estimate of drug-likeness (QED) is 0.764. The number of nitrogens with zero attached hydrogens (tertiary/aromatic N) is 4. The molecule has 0 saturated carbocycles. The molecule has 4 rings (SSSR count). The lowest BCUT2D eigenvalue weighted by Crippen LogP contribution is -2.68. The van der Waals surface area contributed by atoms with Gasteiger partial charge < -0.3 is 20.4 Å². The molecule has 4 heterocycles. The fraction of sp³-hybridized carbons (Fsp3) is 0.562. The molecule has 1 unspecified atom stereocenters. The highest BCUT2D eigenvalue weighted by Gasteiger charge is 2.50. The Kier molecular flexibility index (Phi) is 3.26. The van der Waals surface area contributed by atoms with Gasteiger partial charge in [-0.05, 0) is 31.5 Å². The number of amides is 1. The van der Waals surface area contributed by atoms with E-state index in [2.05, 4.69) is 26.6 Å². The van der Waals surface area contributed by atoms with Crippen molar-refractivity contribution in [3.63, 3.8) is 0 Å². The monoisotopic (exact) mass is 312 g/mol. The lowest BCUT2D eigenvalue weighted by atomic mass is 9.77. The number of aliphatic imine (C=N–C) groups is 1. The molecular formula is C16H20N6O. The summed E-state index contributed by atoms with van der Waals surface area (Å²) in [7, 11) is 0. The molecule has 2 atom stereocenters. The van der Waals surface area contributed by atoms with Crippen LogP contribution < -0.4 is 10.6 Å². The van der Waals surface area contributed by atoms with Gasteiger partial charge in [0.25, 0.3) is 0 Å². The highest BCUT2D eigenvalue weighted by Crippen LogP contribution is 2.40. The first-order valence-corrected chi connectivity index (χ1v) is 8.11. The van der Waals surface area contributed by atoms with E-state index in [4.69, 9.17) is 5.26 Å². The first kappa shape index (κ1) is 14.1. The van der Waals surface area contributed by atoms with Crippen LogP contribution in [0.3, 0.4) is 0 Å². The van der Waals surface area contributed by atoms with Gasteiger partial charge in [0.15, 0.2) is 0 Å². The second kappa shape index (κ2) is 5.30.